The number of nitrogens with zero attached hydrogens (tertiary/aromatic N) is 1. The van der Waals surface area contributed by atoms with Gasteiger partial charge in [0.25, 0.3) is 5.91 Å². The van der Waals surface area contributed by atoms with Crippen molar-refractivity contribution in [3.63, 3.8) is 0 Å². The molecule has 1 aromatic heterocycles. The van der Waals surface area contributed by atoms with Gasteiger partial charge >= 0.3 is 0 Å². The van der Waals surface area contributed by atoms with Crippen molar-refractivity contribution in [1.82, 2.24) is 5.32 Å². The fourth-order valence-electron chi connectivity index (χ4n) is 3.43. The number of nitrogens with two attached hydrogens (primary N) is 1. The number of anilines is 1. The smallest absolute Gasteiger partial charge is 0.254 e. The van der Waals surface area contributed by atoms with Crippen LogP contribution in [0.25, 0.3) is 0 Å². The Balaban J connectivity index is 1.77. The predicted octanol–water partition coefficient (Wildman–Crippen LogP) is 2.81. The average Bonchev–Trinajstić information content (AvgIpc) is 3.36. The number of nitriles is 1. The molecule has 0 unspecified atom stereocenters. The first-order valence-electron chi connectivity index (χ1n) is 8.30. The number of hydrogen-bond acceptors (Lipinski definition) is 5. The molecule has 1 amide bonds. The zero-order valence-electron chi connectivity index (χ0n) is 13.5. The van der Waals surface area contributed by atoms with Gasteiger partial charge in [-0.25, -0.2) is 0 Å². The molecule has 0 saturated heterocycles. The van der Waals surface area contributed by atoms with Gasteiger partial charge in [-0.1, -0.05) is 30.3 Å². The summed E-state index contributed by atoms with van der Waals surface area (Å²) in [6.45, 7) is 0. The standard InChI is InChI=1S/C19H17N3O2S/c20-10-19(11-4-2-1-3-5-11)9-8-13-14(18(24)22-12-6-7-12)17(21)25-15(13)16(19)23/h1-5,12H,6-9,21H2,(H,22,24)/t19-/m1/s1. The van der Waals surface area contributed by atoms with Crippen LogP contribution in [0, 0.1) is 11.3 Å². The van der Waals surface area contributed by atoms with Crippen molar-refractivity contribution >= 4 is 28.0 Å². The van der Waals surface area contributed by atoms with Crippen molar-refractivity contribution in [3.05, 3.63) is 51.9 Å². The Hall–Kier alpha value is -2.65. The molecule has 2 aliphatic carbocycles. The maximum atomic E-state index is 13.2. The molecule has 4 rings (SSSR count). The third kappa shape index (κ3) is 2.43. The van der Waals surface area contributed by atoms with Crippen molar-refractivity contribution in [1.29, 1.82) is 5.26 Å². The summed E-state index contributed by atoms with van der Waals surface area (Å²) in [5.41, 5.74) is 6.70. The maximum absolute atomic E-state index is 13.2. The van der Waals surface area contributed by atoms with Crippen molar-refractivity contribution in [2.24, 2.45) is 0 Å². The van der Waals surface area contributed by atoms with Gasteiger partial charge in [0.05, 0.1) is 21.5 Å². The second-order valence-corrected chi connectivity index (χ2v) is 7.66. The number of ketones is 1. The molecule has 0 bridgehead atoms. The summed E-state index contributed by atoms with van der Waals surface area (Å²) in [5.74, 6) is -0.445. The van der Waals surface area contributed by atoms with Gasteiger partial charge in [-0.3, -0.25) is 9.59 Å². The molecule has 3 N–H and O–H groups in total. The molecule has 1 aromatic carbocycles. The number of Topliss-reactive ketones (excluding diaryl/α,β-unsaturated/α-hetero) is 1. The summed E-state index contributed by atoms with van der Waals surface area (Å²) in [6, 6.07) is 11.6. The Morgan fingerprint density at radius 2 is 2.04 bits per heavy atom. The lowest BCUT2D eigenvalue weighted by atomic mass is 9.69. The number of carbonyl (C=O) groups is 2. The molecule has 1 fully saturated rings. The van der Waals surface area contributed by atoms with Gasteiger partial charge in [0.1, 0.15) is 5.41 Å². The fraction of sp³-hybridized carbons (Fsp3) is 0.316. The summed E-state index contributed by atoms with van der Waals surface area (Å²) in [6.07, 6.45) is 2.83. The fourth-order valence-corrected chi connectivity index (χ4v) is 4.56. The highest BCUT2D eigenvalue weighted by atomic mass is 32.1. The average molecular weight is 351 g/mol. The second-order valence-electron chi connectivity index (χ2n) is 6.61. The SMILES string of the molecule is N#C[C@@]1(c2ccccc2)CCc2c(sc(N)c2C(=O)NC2CC2)C1=O. The number of thiophene rings is 1. The van der Waals surface area contributed by atoms with Crippen LogP contribution in [-0.4, -0.2) is 17.7 Å². The Morgan fingerprint density at radius 1 is 1.32 bits per heavy atom. The molecule has 126 valence electrons. The van der Waals surface area contributed by atoms with Gasteiger partial charge in [0, 0.05) is 6.04 Å². The maximum Gasteiger partial charge on any atom is 0.254 e. The quantitative estimate of drug-likeness (QED) is 0.889. The van der Waals surface area contributed by atoms with Gasteiger partial charge < -0.3 is 11.1 Å². The Morgan fingerprint density at radius 3 is 2.68 bits per heavy atom. The number of fused-ring (bicyclic) bond motifs is 1. The molecule has 1 atom stereocenters. The van der Waals surface area contributed by atoms with Crippen LogP contribution in [0.1, 0.15) is 50.4 Å². The third-order valence-electron chi connectivity index (χ3n) is 4.98. The van der Waals surface area contributed by atoms with Gasteiger partial charge in [-0.15, -0.1) is 11.3 Å². The highest BCUT2D eigenvalue weighted by Crippen LogP contribution is 2.44. The molecule has 0 aliphatic heterocycles. The topological polar surface area (TPSA) is 96.0 Å². The number of nitrogens with one attached hydrogen (secondary N) is 1. The zero-order valence-corrected chi connectivity index (χ0v) is 14.4. The van der Waals surface area contributed by atoms with E-state index < -0.39 is 5.41 Å². The van der Waals surface area contributed by atoms with E-state index in [0.717, 1.165) is 24.2 Å². The highest BCUT2D eigenvalue weighted by Gasteiger charge is 2.47. The molecule has 5 nitrogen and oxygen atoms in total. The minimum absolute atomic E-state index is 0.200. The molecular weight excluding hydrogens is 334 g/mol. The lowest BCUT2D eigenvalue weighted by Crippen LogP contribution is -2.39. The zero-order chi connectivity index (χ0) is 17.6. The number of nitrogen functional groups attached to an aromatic ring is 1. The van der Waals surface area contributed by atoms with Crippen LogP contribution in [0.4, 0.5) is 5.00 Å². The van der Waals surface area contributed by atoms with Crippen LogP contribution in [0.3, 0.4) is 0 Å². The van der Waals surface area contributed by atoms with Crippen molar-refractivity contribution < 1.29 is 9.59 Å². The summed E-state index contributed by atoms with van der Waals surface area (Å²) < 4.78 is 0. The van der Waals surface area contributed by atoms with Crippen LogP contribution in [0.15, 0.2) is 30.3 Å². The molecule has 1 saturated carbocycles. The van der Waals surface area contributed by atoms with E-state index in [4.69, 9.17) is 5.73 Å². The first-order valence-corrected chi connectivity index (χ1v) is 9.12. The van der Waals surface area contributed by atoms with E-state index in [1.807, 2.05) is 30.3 Å². The van der Waals surface area contributed by atoms with E-state index in [9.17, 15) is 14.9 Å². The van der Waals surface area contributed by atoms with Crippen molar-refractivity contribution in [2.75, 3.05) is 5.73 Å². The summed E-state index contributed by atoms with van der Waals surface area (Å²) >= 11 is 1.13. The number of amides is 1. The van der Waals surface area contributed by atoms with Crippen LogP contribution < -0.4 is 11.1 Å². The lowest BCUT2D eigenvalue weighted by Gasteiger charge is -2.29. The Bertz CT molecular complexity index is 909. The molecule has 2 aromatic rings. The largest absolute Gasteiger partial charge is 0.390 e. The molecule has 1 heterocycles. The lowest BCUT2D eigenvalue weighted by molar-refractivity contribution is 0.0908. The van der Waals surface area contributed by atoms with E-state index >= 15 is 0 Å². The predicted molar refractivity (Wildman–Crippen MR) is 95.6 cm³/mol. The molecule has 6 heteroatoms. The summed E-state index contributed by atoms with van der Waals surface area (Å²) in [7, 11) is 0. The highest BCUT2D eigenvalue weighted by molar-refractivity contribution is 7.18. The van der Waals surface area contributed by atoms with Gasteiger partial charge in [-0.2, -0.15) is 5.26 Å². The number of carbonyl (C=O) groups excluding carboxylic acids is 2. The van der Waals surface area contributed by atoms with Crippen LogP contribution >= 0.6 is 11.3 Å². The Kier molecular flexibility index (Phi) is 3.62. The van der Waals surface area contributed by atoms with Crippen LogP contribution in [0.2, 0.25) is 0 Å². The monoisotopic (exact) mass is 351 g/mol. The molecule has 2 aliphatic rings. The van der Waals surface area contributed by atoms with Crippen molar-refractivity contribution in [3.8, 4) is 6.07 Å². The van der Waals surface area contributed by atoms with E-state index in [1.165, 1.54) is 0 Å². The van der Waals surface area contributed by atoms with E-state index in [0.29, 0.717) is 39.4 Å². The van der Waals surface area contributed by atoms with E-state index in [2.05, 4.69) is 11.4 Å². The number of rotatable bonds is 3. The minimum atomic E-state index is -1.20. The van der Waals surface area contributed by atoms with Crippen LogP contribution in [0.5, 0.6) is 0 Å². The first-order chi connectivity index (χ1) is 12.1. The third-order valence-corrected chi connectivity index (χ3v) is 6.04. The van der Waals surface area contributed by atoms with Gasteiger partial charge in [0.2, 0.25) is 0 Å². The Labute approximate surface area is 149 Å². The second kappa shape index (κ2) is 5.71. The van der Waals surface area contributed by atoms with Gasteiger partial charge in [-0.05, 0) is 36.8 Å². The minimum Gasteiger partial charge on any atom is -0.390 e. The van der Waals surface area contributed by atoms with Crippen LogP contribution in [-0.2, 0) is 11.8 Å². The molecular formula is C19H17N3O2S. The molecule has 0 radical (unpaired) electrons. The molecule has 0 spiro atoms. The normalized spacial score (nSPS) is 22.1. The summed E-state index contributed by atoms with van der Waals surface area (Å²) in [4.78, 5) is 26.1. The number of hydrogen-bond donors (Lipinski definition) is 2. The van der Waals surface area contributed by atoms with E-state index in [1.54, 1.807) is 0 Å². The number of benzene rings is 1. The first kappa shape index (κ1) is 15.9. The van der Waals surface area contributed by atoms with Gasteiger partial charge in [0.15, 0.2) is 5.78 Å². The van der Waals surface area contributed by atoms with Crippen molar-refractivity contribution in [2.45, 2.75) is 37.1 Å². The van der Waals surface area contributed by atoms with E-state index in [-0.39, 0.29) is 17.7 Å². The molecule has 25 heavy (non-hydrogen) atoms. The summed E-state index contributed by atoms with van der Waals surface area (Å²) in [5, 5.41) is 13.1.